The number of morpholine rings is 1. The molecule has 3 rings (SSSR count). The van der Waals surface area contributed by atoms with Crippen molar-refractivity contribution in [3.05, 3.63) is 64.7 Å². The minimum absolute atomic E-state index is 0.0669. The van der Waals surface area contributed by atoms with E-state index in [2.05, 4.69) is 28.4 Å². The molecule has 24 heavy (non-hydrogen) atoms. The second-order valence-electron chi connectivity index (χ2n) is 6.42. The van der Waals surface area contributed by atoms with Crippen molar-refractivity contribution in [1.29, 1.82) is 0 Å². The first-order valence-electron chi connectivity index (χ1n) is 8.39. The Balaban J connectivity index is 1.62. The summed E-state index contributed by atoms with van der Waals surface area (Å²) in [4.78, 5) is 14.8. The summed E-state index contributed by atoms with van der Waals surface area (Å²) >= 11 is 0. The molecule has 2 aromatic carbocycles. The molecule has 1 aliphatic rings. The first kappa shape index (κ1) is 16.7. The summed E-state index contributed by atoms with van der Waals surface area (Å²) < 4.78 is 5.37. The molecular formula is C20H24N2O2. The molecule has 1 N–H and O–H groups in total. The molecule has 2 aromatic rings. The lowest BCUT2D eigenvalue weighted by Crippen LogP contribution is -2.35. The lowest BCUT2D eigenvalue weighted by atomic mass is 10.1. The Hall–Kier alpha value is -2.17. The zero-order valence-electron chi connectivity index (χ0n) is 14.3. The van der Waals surface area contributed by atoms with E-state index in [0.29, 0.717) is 5.56 Å². The van der Waals surface area contributed by atoms with Gasteiger partial charge in [0, 0.05) is 30.9 Å². The fourth-order valence-electron chi connectivity index (χ4n) is 3.02. The van der Waals surface area contributed by atoms with Gasteiger partial charge in [-0.15, -0.1) is 0 Å². The Kier molecular flexibility index (Phi) is 5.28. The van der Waals surface area contributed by atoms with Crippen LogP contribution in [-0.2, 0) is 11.3 Å². The van der Waals surface area contributed by atoms with E-state index in [4.69, 9.17) is 4.74 Å². The summed E-state index contributed by atoms with van der Waals surface area (Å²) in [5.74, 6) is -0.0669. The number of benzene rings is 2. The van der Waals surface area contributed by atoms with Crippen LogP contribution in [0.5, 0.6) is 0 Å². The SMILES string of the molecule is Cc1cc(C)cc(C(=O)Nc2ccc(CN3CCOCC3)cc2)c1. The fraction of sp³-hybridized carbons (Fsp3) is 0.350. The molecule has 0 saturated carbocycles. The summed E-state index contributed by atoms with van der Waals surface area (Å²) in [5, 5.41) is 2.97. The maximum Gasteiger partial charge on any atom is 0.255 e. The van der Waals surface area contributed by atoms with Crippen LogP contribution in [0.25, 0.3) is 0 Å². The molecule has 0 aromatic heterocycles. The third-order valence-electron chi connectivity index (χ3n) is 4.21. The van der Waals surface area contributed by atoms with Crippen molar-refractivity contribution in [2.45, 2.75) is 20.4 Å². The Bertz CT molecular complexity index is 684. The van der Waals surface area contributed by atoms with E-state index in [1.165, 1.54) is 5.56 Å². The van der Waals surface area contributed by atoms with Crippen molar-refractivity contribution >= 4 is 11.6 Å². The number of hydrogen-bond acceptors (Lipinski definition) is 3. The van der Waals surface area contributed by atoms with Crippen molar-refractivity contribution in [3.63, 3.8) is 0 Å². The number of ether oxygens (including phenoxy) is 1. The van der Waals surface area contributed by atoms with E-state index in [0.717, 1.165) is 49.7 Å². The quantitative estimate of drug-likeness (QED) is 0.937. The summed E-state index contributed by atoms with van der Waals surface area (Å²) in [6.45, 7) is 8.51. The van der Waals surface area contributed by atoms with Crippen molar-refractivity contribution in [1.82, 2.24) is 4.90 Å². The van der Waals surface area contributed by atoms with Gasteiger partial charge in [-0.2, -0.15) is 0 Å². The third-order valence-corrected chi connectivity index (χ3v) is 4.21. The molecule has 1 heterocycles. The van der Waals surface area contributed by atoms with Crippen LogP contribution in [0.3, 0.4) is 0 Å². The van der Waals surface area contributed by atoms with E-state index in [1.807, 2.05) is 38.1 Å². The maximum absolute atomic E-state index is 12.4. The van der Waals surface area contributed by atoms with Crippen molar-refractivity contribution in [2.75, 3.05) is 31.6 Å². The van der Waals surface area contributed by atoms with Crippen molar-refractivity contribution < 1.29 is 9.53 Å². The van der Waals surface area contributed by atoms with Gasteiger partial charge in [0.1, 0.15) is 0 Å². The Morgan fingerprint density at radius 3 is 2.29 bits per heavy atom. The number of amides is 1. The van der Waals surface area contributed by atoms with Crippen molar-refractivity contribution in [2.24, 2.45) is 0 Å². The minimum atomic E-state index is -0.0669. The number of aryl methyl sites for hydroxylation is 2. The summed E-state index contributed by atoms with van der Waals surface area (Å²) in [5.41, 5.74) is 4.97. The Morgan fingerprint density at radius 1 is 1.04 bits per heavy atom. The highest BCUT2D eigenvalue weighted by atomic mass is 16.5. The second-order valence-corrected chi connectivity index (χ2v) is 6.42. The van der Waals surface area contributed by atoms with E-state index in [9.17, 15) is 4.79 Å². The molecule has 0 unspecified atom stereocenters. The molecule has 0 aliphatic carbocycles. The van der Waals surface area contributed by atoms with Gasteiger partial charge in [0.2, 0.25) is 0 Å². The molecule has 4 heteroatoms. The van der Waals surface area contributed by atoms with Crippen LogP contribution in [-0.4, -0.2) is 37.1 Å². The highest BCUT2D eigenvalue weighted by Crippen LogP contribution is 2.15. The van der Waals surface area contributed by atoms with Crippen molar-refractivity contribution in [3.8, 4) is 0 Å². The average Bonchev–Trinajstić information content (AvgIpc) is 2.57. The Labute approximate surface area is 143 Å². The van der Waals surface area contributed by atoms with Crippen LogP contribution >= 0.6 is 0 Å². The molecule has 1 fully saturated rings. The van der Waals surface area contributed by atoms with Crippen LogP contribution in [0.2, 0.25) is 0 Å². The first-order chi connectivity index (χ1) is 11.6. The van der Waals surface area contributed by atoms with Crippen LogP contribution < -0.4 is 5.32 Å². The second kappa shape index (κ2) is 7.60. The van der Waals surface area contributed by atoms with E-state index < -0.39 is 0 Å². The van der Waals surface area contributed by atoms with Gasteiger partial charge in [-0.25, -0.2) is 0 Å². The van der Waals surface area contributed by atoms with E-state index in [1.54, 1.807) is 0 Å². The predicted molar refractivity (Wildman–Crippen MR) is 96.4 cm³/mol. The predicted octanol–water partition coefficient (Wildman–Crippen LogP) is 3.39. The minimum Gasteiger partial charge on any atom is -0.379 e. The number of carbonyl (C=O) groups is 1. The highest BCUT2D eigenvalue weighted by molar-refractivity contribution is 6.04. The van der Waals surface area contributed by atoms with Crippen LogP contribution in [0, 0.1) is 13.8 Å². The first-order valence-corrected chi connectivity index (χ1v) is 8.39. The van der Waals surface area contributed by atoms with E-state index in [-0.39, 0.29) is 5.91 Å². The molecular weight excluding hydrogens is 300 g/mol. The number of hydrogen-bond donors (Lipinski definition) is 1. The highest BCUT2D eigenvalue weighted by Gasteiger charge is 2.11. The molecule has 0 spiro atoms. The van der Waals surface area contributed by atoms with Crippen LogP contribution in [0.15, 0.2) is 42.5 Å². The molecule has 126 valence electrons. The van der Waals surface area contributed by atoms with Gasteiger partial charge in [0.15, 0.2) is 0 Å². The largest absolute Gasteiger partial charge is 0.379 e. The molecule has 0 radical (unpaired) electrons. The number of nitrogens with zero attached hydrogens (tertiary/aromatic N) is 1. The Morgan fingerprint density at radius 2 is 1.67 bits per heavy atom. The summed E-state index contributed by atoms with van der Waals surface area (Å²) in [6, 6.07) is 14.0. The van der Waals surface area contributed by atoms with Gasteiger partial charge >= 0.3 is 0 Å². The molecule has 4 nitrogen and oxygen atoms in total. The molecule has 0 bridgehead atoms. The van der Waals surface area contributed by atoms with Gasteiger partial charge in [-0.1, -0.05) is 29.3 Å². The topological polar surface area (TPSA) is 41.6 Å². The number of rotatable bonds is 4. The standard InChI is InChI=1S/C20H24N2O2/c1-15-11-16(2)13-18(12-15)20(23)21-19-5-3-17(4-6-19)14-22-7-9-24-10-8-22/h3-6,11-13H,7-10,14H2,1-2H3,(H,21,23). The number of carbonyl (C=O) groups excluding carboxylic acids is 1. The van der Waals surface area contributed by atoms with E-state index >= 15 is 0 Å². The number of nitrogens with one attached hydrogen (secondary N) is 1. The lowest BCUT2D eigenvalue weighted by molar-refractivity contribution is 0.0342. The third kappa shape index (κ3) is 4.43. The van der Waals surface area contributed by atoms with Crippen LogP contribution in [0.1, 0.15) is 27.0 Å². The zero-order chi connectivity index (χ0) is 16.9. The van der Waals surface area contributed by atoms with Gasteiger partial charge < -0.3 is 10.1 Å². The molecule has 0 atom stereocenters. The lowest BCUT2D eigenvalue weighted by Gasteiger charge is -2.26. The zero-order valence-corrected chi connectivity index (χ0v) is 14.3. The smallest absolute Gasteiger partial charge is 0.255 e. The summed E-state index contributed by atoms with van der Waals surface area (Å²) in [7, 11) is 0. The molecule has 1 saturated heterocycles. The van der Waals surface area contributed by atoms with Gasteiger partial charge in [-0.05, 0) is 43.7 Å². The monoisotopic (exact) mass is 324 g/mol. The van der Waals surface area contributed by atoms with Crippen LogP contribution in [0.4, 0.5) is 5.69 Å². The summed E-state index contributed by atoms with van der Waals surface area (Å²) in [6.07, 6.45) is 0. The van der Waals surface area contributed by atoms with Gasteiger partial charge in [0.05, 0.1) is 13.2 Å². The molecule has 1 aliphatic heterocycles. The normalized spacial score (nSPS) is 15.2. The fourth-order valence-corrected chi connectivity index (χ4v) is 3.02. The molecule has 1 amide bonds. The number of anilines is 1. The average molecular weight is 324 g/mol. The van der Waals surface area contributed by atoms with Gasteiger partial charge in [0.25, 0.3) is 5.91 Å². The maximum atomic E-state index is 12.4. The van der Waals surface area contributed by atoms with Gasteiger partial charge in [-0.3, -0.25) is 9.69 Å².